The Morgan fingerprint density at radius 2 is 2.21 bits per heavy atom. The van der Waals surface area contributed by atoms with Gasteiger partial charge in [0.25, 0.3) is 0 Å². The van der Waals surface area contributed by atoms with Crippen LogP contribution >= 0.6 is 11.3 Å². The zero-order valence-electron chi connectivity index (χ0n) is 11.4. The topological polar surface area (TPSA) is 72.6 Å². The Morgan fingerprint density at radius 1 is 1.53 bits per heavy atom. The molecule has 1 aromatic heterocycles. The van der Waals surface area contributed by atoms with E-state index in [1.807, 2.05) is 20.8 Å². The first-order valence-electron chi connectivity index (χ1n) is 6.29. The molecular weight excluding hydrogens is 284 g/mol. The summed E-state index contributed by atoms with van der Waals surface area (Å²) in [5.74, 6) is 0. The Morgan fingerprint density at radius 3 is 2.79 bits per heavy atom. The van der Waals surface area contributed by atoms with Crippen LogP contribution in [0.15, 0.2) is 11.0 Å². The van der Waals surface area contributed by atoms with Crippen LogP contribution in [-0.4, -0.2) is 38.0 Å². The van der Waals surface area contributed by atoms with Crippen LogP contribution < -0.4 is 5.73 Å². The van der Waals surface area contributed by atoms with E-state index in [2.05, 4.69) is 0 Å². The number of hydrogen-bond donors (Lipinski definition) is 1. The number of morpholine rings is 1. The smallest absolute Gasteiger partial charge is 0.244 e. The molecule has 7 heteroatoms. The number of nitrogens with zero attached hydrogens (tertiary/aromatic N) is 1. The van der Waals surface area contributed by atoms with E-state index >= 15 is 0 Å². The fourth-order valence-corrected chi connectivity index (χ4v) is 5.39. The fourth-order valence-electron chi connectivity index (χ4n) is 2.21. The molecule has 1 aliphatic heterocycles. The Labute approximate surface area is 118 Å². The molecule has 0 amide bonds. The van der Waals surface area contributed by atoms with E-state index in [4.69, 9.17) is 10.5 Å². The van der Waals surface area contributed by atoms with Gasteiger partial charge in [0, 0.05) is 28.9 Å². The highest BCUT2D eigenvalue weighted by Crippen LogP contribution is 2.30. The minimum Gasteiger partial charge on any atom is -0.375 e. The molecule has 1 fully saturated rings. The minimum absolute atomic E-state index is 0.0705. The second-order valence-electron chi connectivity index (χ2n) is 4.90. The van der Waals surface area contributed by atoms with E-state index in [9.17, 15) is 8.42 Å². The van der Waals surface area contributed by atoms with Gasteiger partial charge in [-0.3, -0.25) is 0 Å². The second-order valence-corrected chi connectivity index (χ2v) is 8.10. The number of rotatable bonds is 3. The Kier molecular flexibility index (Phi) is 4.32. The molecule has 2 N–H and O–H groups in total. The number of thiophene rings is 1. The van der Waals surface area contributed by atoms with Gasteiger partial charge >= 0.3 is 0 Å². The molecule has 1 aromatic rings. The first-order valence-corrected chi connectivity index (χ1v) is 8.54. The number of nitrogens with two attached hydrogens (primary N) is 1. The van der Waals surface area contributed by atoms with Crippen molar-refractivity contribution in [3.8, 4) is 0 Å². The third kappa shape index (κ3) is 2.85. The zero-order valence-corrected chi connectivity index (χ0v) is 13.1. The van der Waals surface area contributed by atoms with Gasteiger partial charge in [-0.2, -0.15) is 4.31 Å². The van der Waals surface area contributed by atoms with E-state index in [1.165, 1.54) is 15.6 Å². The van der Waals surface area contributed by atoms with Crippen LogP contribution in [0, 0.1) is 6.92 Å². The SMILES string of the molecule is Cc1sc(CN)cc1S(=O)(=O)N1CC(C)OCC1C. The van der Waals surface area contributed by atoms with E-state index < -0.39 is 10.0 Å². The summed E-state index contributed by atoms with van der Waals surface area (Å²) in [5.41, 5.74) is 5.59. The lowest BCUT2D eigenvalue weighted by atomic mass is 10.2. The number of ether oxygens (including phenoxy) is 1. The Balaban J connectivity index is 2.37. The molecule has 0 bridgehead atoms. The van der Waals surface area contributed by atoms with Gasteiger partial charge in [0.05, 0.1) is 17.6 Å². The van der Waals surface area contributed by atoms with Crippen molar-refractivity contribution in [3.63, 3.8) is 0 Å². The van der Waals surface area contributed by atoms with Crippen molar-refractivity contribution in [1.29, 1.82) is 0 Å². The number of aryl methyl sites for hydroxylation is 1. The molecular formula is C12H20N2O3S2. The molecule has 2 heterocycles. The van der Waals surface area contributed by atoms with Crippen LogP contribution in [0.25, 0.3) is 0 Å². The standard InChI is InChI=1S/C12H20N2O3S2/c1-8-7-17-9(2)6-14(8)19(15,16)12-4-11(5-13)18-10(12)3/h4,8-9H,5-7,13H2,1-3H3. The van der Waals surface area contributed by atoms with Gasteiger partial charge in [-0.05, 0) is 26.8 Å². The molecule has 1 aliphatic rings. The molecule has 5 nitrogen and oxygen atoms in total. The highest BCUT2D eigenvalue weighted by Gasteiger charge is 2.35. The van der Waals surface area contributed by atoms with Gasteiger partial charge < -0.3 is 10.5 Å². The highest BCUT2D eigenvalue weighted by molar-refractivity contribution is 7.89. The maximum Gasteiger partial charge on any atom is 0.244 e. The van der Waals surface area contributed by atoms with Crippen molar-refractivity contribution in [2.24, 2.45) is 5.73 Å². The molecule has 2 atom stereocenters. The van der Waals surface area contributed by atoms with Crippen LogP contribution in [0.3, 0.4) is 0 Å². The predicted molar refractivity (Wildman–Crippen MR) is 75.7 cm³/mol. The van der Waals surface area contributed by atoms with Gasteiger partial charge in [-0.15, -0.1) is 11.3 Å². The molecule has 0 spiro atoms. The summed E-state index contributed by atoms with van der Waals surface area (Å²) in [7, 11) is -3.46. The van der Waals surface area contributed by atoms with Gasteiger partial charge in [0.15, 0.2) is 0 Å². The third-order valence-electron chi connectivity index (χ3n) is 3.26. The van der Waals surface area contributed by atoms with Crippen molar-refractivity contribution < 1.29 is 13.2 Å². The van der Waals surface area contributed by atoms with Crippen LogP contribution in [0.4, 0.5) is 0 Å². The number of hydrogen-bond acceptors (Lipinski definition) is 5. The van der Waals surface area contributed by atoms with Crippen molar-refractivity contribution in [3.05, 3.63) is 15.8 Å². The average molecular weight is 304 g/mol. The van der Waals surface area contributed by atoms with E-state index in [0.717, 1.165) is 9.75 Å². The predicted octanol–water partition coefficient (Wildman–Crippen LogP) is 1.31. The number of sulfonamides is 1. The highest BCUT2D eigenvalue weighted by atomic mass is 32.2. The van der Waals surface area contributed by atoms with E-state index in [-0.39, 0.29) is 12.1 Å². The van der Waals surface area contributed by atoms with Crippen molar-refractivity contribution in [2.75, 3.05) is 13.2 Å². The minimum atomic E-state index is -3.46. The molecule has 2 rings (SSSR count). The molecule has 0 aromatic carbocycles. The van der Waals surface area contributed by atoms with Crippen molar-refractivity contribution in [2.45, 2.75) is 44.4 Å². The van der Waals surface area contributed by atoms with Crippen LogP contribution in [-0.2, 0) is 21.3 Å². The fraction of sp³-hybridized carbons (Fsp3) is 0.667. The molecule has 0 saturated carbocycles. The van der Waals surface area contributed by atoms with Gasteiger partial charge in [0.2, 0.25) is 10.0 Å². The lowest BCUT2D eigenvalue weighted by Gasteiger charge is -2.35. The van der Waals surface area contributed by atoms with E-state index in [0.29, 0.717) is 24.6 Å². The molecule has 0 aliphatic carbocycles. The Hall–Kier alpha value is -0.470. The third-order valence-corrected chi connectivity index (χ3v) is 6.57. The normalized spacial score (nSPS) is 25.7. The second kappa shape index (κ2) is 5.49. The summed E-state index contributed by atoms with van der Waals surface area (Å²) >= 11 is 1.45. The average Bonchev–Trinajstić information content (AvgIpc) is 2.74. The maximum absolute atomic E-state index is 12.7. The molecule has 2 unspecified atom stereocenters. The van der Waals surface area contributed by atoms with Crippen molar-refractivity contribution >= 4 is 21.4 Å². The van der Waals surface area contributed by atoms with Crippen LogP contribution in [0.1, 0.15) is 23.6 Å². The summed E-state index contributed by atoms with van der Waals surface area (Å²) in [6, 6.07) is 1.56. The van der Waals surface area contributed by atoms with Gasteiger partial charge in [0.1, 0.15) is 0 Å². The molecule has 108 valence electrons. The molecule has 0 radical (unpaired) electrons. The zero-order chi connectivity index (χ0) is 14.2. The summed E-state index contributed by atoms with van der Waals surface area (Å²) in [5, 5.41) is 0. The summed E-state index contributed by atoms with van der Waals surface area (Å²) in [4.78, 5) is 2.08. The lowest BCUT2D eigenvalue weighted by molar-refractivity contribution is -0.0170. The van der Waals surface area contributed by atoms with E-state index in [1.54, 1.807) is 6.07 Å². The largest absolute Gasteiger partial charge is 0.375 e. The Bertz CT molecular complexity index is 553. The summed E-state index contributed by atoms with van der Waals surface area (Å²) < 4.78 is 32.5. The first-order chi connectivity index (χ1) is 8.86. The van der Waals surface area contributed by atoms with Gasteiger partial charge in [-0.25, -0.2) is 8.42 Å². The quantitative estimate of drug-likeness (QED) is 0.914. The van der Waals surface area contributed by atoms with Gasteiger partial charge in [-0.1, -0.05) is 0 Å². The first kappa shape index (κ1) is 14.9. The summed E-state index contributed by atoms with van der Waals surface area (Å²) in [6.45, 7) is 6.79. The lowest BCUT2D eigenvalue weighted by Crippen LogP contribution is -2.50. The maximum atomic E-state index is 12.7. The van der Waals surface area contributed by atoms with Crippen LogP contribution in [0.5, 0.6) is 0 Å². The van der Waals surface area contributed by atoms with Crippen LogP contribution in [0.2, 0.25) is 0 Å². The van der Waals surface area contributed by atoms with Crippen molar-refractivity contribution in [1.82, 2.24) is 4.31 Å². The monoisotopic (exact) mass is 304 g/mol. The molecule has 1 saturated heterocycles. The molecule has 19 heavy (non-hydrogen) atoms. The summed E-state index contributed by atoms with van der Waals surface area (Å²) in [6.07, 6.45) is -0.0705.